The molecule has 2 nitrogen and oxygen atoms in total. The van der Waals surface area contributed by atoms with Crippen molar-refractivity contribution in [2.75, 3.05) is 0 Å². The van der Waals surface area contributed by atoms with Crippen molar-refractivity contribution in [2.45, 2.75) is 25.6 Å². The lowest BCUT2D eigenvalue weighted by atomic mass is 10.00. The van der Waals surface area contributed by atoms with Gasteiger partial charge in [0.25, 0.3) is 0 Å². The van der Waals surface area contributed by atoms with Crippen molar-refractivity contribution < 1.29 is 10.2 Å². The maximum absolute atomic E-state index is 9.46. The summed E-state index contributed by atoms with van der Waals surface area (Å²) in [5.74, 6) is 0.101. The molecule has 1 rings (SSSR count). The molecule has 2 unspecified atom stereocenters. The zero-order valence-electron chi connectivity index (χ0n) is 6.64. The average molecular weight is 154 g/mol. The molecular formula is C9H14O2. The maximum atomic E-state index is 9.46. The van der Waals surface area contributed by atoms with E-state index in [2.05, 4.69) is 0 Å². The third kappa shape index (κ3) is 2.48. The van der Waals surface area contributed by atoms with Crippen LogP contribution in [0, 0.1) is 5.92 Å². The molecule has 1 aliphatic rings. The van der Waals surface area contributed by atoms with Crippen LogP contribution in [0.25, 0.3) is 0 Å². The Bertz CT molecular complexity index is 158. The van der Waals surface area contributed by atoms with Gasteiger partial charge < -0.3 is 10.2 Å². The van der Waals surface area contributed by atoms with E-state index >= 15 is 0 Å². The average Bonchev–Trinajstić information content (AvgIpc) is 2.35. The normalized spacial score (nSPS) is 22.5. The molecule has 0 fully saturated rings. The quantitative estimate of drug-likeness (QED) is 0.633. The fourth-order valence-corrected chi connectivity index (χ4v) is 1.21. The summed E-state index contributed by atoms with van der Waals surface area (Å²) in [6.07, 6.45) is 7.28. The minimum Gasteiger partial charge on any atom is -0.393 e. The molecule has 0 aromatic carbocycles. The third-order valence-electron chi connectivity index (χ3n) is 1.80. The standard InChI is InChI=1S/C9H14O2/c1-7(10)6-9(11)8-4-2-3-5-8/h2-5,7-11H,6H2,1H3. The van der Waals surface area contributed by atoms with Crippen LogP contribution in [-0.2, 0) is 0 Å². The first-order chi connectivity index (χ1) is 5.20. The van der Waals surface area contributed by atoms with E-state index in [9.17, 15) is 5.11 Å². The molecule has 2 atom stereocenters. The van der Waals surface area contributed by atoms with Crippen molar-refractivity contribution in [3.8, 4) is 0 Å². The van der Waals surface area contributed by atoms with Gasteiger partial charge in [0.1, 0.15) is 0 Å². The van der Waals surface area contributed by atoms with Crippen molar-refractivity contribution >= 4 is 0 Å². The molecule has 11 heavy (non-hydrogen) atoms. The predicted molar refractivity (Wildman–Crippen MR) is 44.1 cm³/mol. The Labute approximate surface area is 66.9 Å². The van der Waals surface area contributed by atoms with Crippen LogP contribution < -0.4 is 0 Å². The van der Waals surface area contributed by atoms with Crippen molar-refractivity contribution in [2.24, 2.45) is 5.92 Å². The van der Waals surface area contributed by atoms with Crippen LogP contribution in [0.5, 0.6) is 0 Å². The Morgan fingerprint density at radius 2 is 1.82 bits per heavy atom. The molecule has 2 heteroatoms. The first-order valence-corrected chi connectivity index (χ1v) is 3.91. The molecule has 0 heterocycles. The Morgan fingerprint density at radius 1 is 1.27 bits per heavy atom. The van der Waals surface area contributed by atoms with Gasteiger partial charge in [-0.1, -0.05) is 24.3 Å². The third-order valence-corrected chi connectivity index (χ3v) is 1.80. The Morgan fingerprint density at radius 3 is 2.27 bits per heavy atom. The molecule has 0 radical (unpaired) electrons. The number of aliphatic hydroxyl groups excluding tert-OH is 2. The van der Waals surface area contributed by atoms with E-state index in [1.54, 1.807) is 6.92 Å². The van der Waals surface area contributed by atoms with Crippen LogP contribution in [0.1, 0.15) is 13.3 Å². The molecule has 0 bridgehead atoms. The first-order valence-electron chi connectivity index (χ1n) is 3.91. The van der Waals surface area contributed by atoms with Gasteiger partial charge in [-0.3, -0.25) is 0 Å². The van der Waals surface area contributed by atoms with Gasteiger partial charge in [0.2, 0.25) is 0 Å². The van der Waals surface area contributed by atoms with Crippen LogP contribution in [0.15, 0.2) is 24.3 Å². The number of hydrogen-bond donors (Lipinski definition) is 2. The molecule has 0 spiro atoms. The van der Waals surface area contributed by atoms with Gasteiger partial charge in [-0.2, -0.15) is 0 Å². The van der Waals surface area contributed by atoms with Gasteiger partial charge in [-0.25, -0.2) is 0 Å². The number of hydrogen-bond acceptors (Lipinski definition) is 2. The smallest absolute Gasteiger partial charge is 0.0662 e. The van der Waals surface area contributed by atoms with E-state index in [0.717, 1.165) is 0 Å². The lowest BCUT2D eigenvalue weighted by molar-refractivity contribution is 0.0760. The molecule has 0 aromatic rings. The zero-order valence-corrected chi connectivity index (χ0v) is 6.64. The number of aliphatic hydroxyl groups is 2. The summed E-state index contributed by atoms with van der Waals surface area (Å²) >= 11 is 0. The first kappa shape index (κ1) is 8.50. The number of rotatable bonds is 3. The molecule has 0 amide bonds. The van der Waals surface area contributed by atoms with E-state index in [1.807, 2.05) is 24.3 Å². The fraction of sp³-hybridized carbons (Fsp3) is 0.556. The van der Waals surface area contributed by atoms with E-state index in [4.69, 9.17) is 5.11 Å². The van der Waals surface area contributed by atoms with Crippen LogP contribution in [-0.4, -0.2) is 22.4 Å². The topological polar surface area (TPSA) is 40.5 Å². The monoisotopic (exact) mass is 154 g/mol. The lowest BCUT2D eigenvalue weighted by Gasteiger charge is -2.15. The summed E-state index contributed by atoms with van der Waals surface area (Å²) in [6.45, 7) is 1.69. The summed E-state index contributed by atoms with van der Waals surface area (Å²) in [7, 11) is 0. The van der Waals surface area contributed by atoms with Crippen LogP contribution in [0.4, 0.5) is 0 Å². The summed E-state index contributed by atoms with van der Waals surface area (Å²) < 4.78 is 0. The zero-order chi connectivity index (χ0) is 8.27. The van der Waals surface area contributed by atoms with Crippen molar-refractivity contribution in [1.29, 1.82) is 0 Å². The second kappa shape index (κ2) is 3.69. The van der Waals surface area contributed by atoms with E-state index < -0.39 is 12.2 Å². The summed E-state index contributed by atoms with van der Waals surface area (Å²) in [6, 6.07) is 0. The maximum Gasteiger partial charge on any atom is 0.0662 e. The minimum absolute atomic E-state index is 0.101. The highest BCUT2D eigenvalue weighted by Gasteiger charge is 2.16. The highest BCUT2D eigenvalue weighted by Crippen LogP contribution is 2.16. The van der Waals surface area contributed by atoms with E-state index in [1.165, 1.54) is 0 Å². The molecule has 0 aliphatic heterocycles. The van der Waals surface area contributed by atoms with Gasteiger partial charge in [0.15, 0.2) is 0 Å². The highest BCUT2D eigenvalue weighted by atomic mass is 16.3. The molecule has 0 saturated heterocycles. The molecule has 62 valence electrons. The second-order valence-corrected chi connectivity index (χ2v) is 3.00. The van der Waals surface area contributed by atoms with Gasteiger partial charge in [-0.15, -0.1) is 0 Å². The Hall–Kier alpha value is -0.600. The number of allylic oxidation sites excluding steroid dienone is 2. The van der Waals surface area contributed by atoms with Crippen molar-refractivity contribution in [3.05, 3.63) is 24.3 Å². The summed E-state index contributed by atoms with van der Waals surface area (Å²) in [5, 5.41) is 18.4. The molecular weight excluding hydrogens is 140 g/mol. The Kier molecular flexibility index (Phi) is 2.85. The van der Waals surface area contributed by atoms with Gasteiger partial charge >= 0.3 is 0 Å². The van der Waals surface area contributed by atoms with Gasteiger partial charge in [0.05, 0.1) is 12.2 Å². The largest absolute Gasteiger partial charge is 0.393 e. The van der Waals surface area contributed by atoms with Crippen LogP contribution in [0.2, 0.25) is 0 Å². The minimum atomic E-state index is -0.440. The summed E-state index contributed by atoms with van der Waals surface area (Å²) in [4.78, 5) is 0. The predicted octanol–water partition coefficient (Wildman–Crippen LogP) is 0.860. The van der Waals surface area contributed by atoms with Crippen molar-refractivity contribution in [3.63, 3.8) is 0 Å². The van der Waals surface area contributed by atoms with E-state index in [-0.39, 0.29) is 5.92 Å². The molecule has 0 saturated carbocycles. The van der Waals surface area contributed by atoms with Gasteiger partial charge in [-0.05, 0) is 13.3 Å². The SMILES string of the molecule is CC(O)CC(O)C1C=CC=C1. The van der Waals surface area contributed by atoms with Crippen molar-refractivity contribution in [1.82, 2.24) is 0 Å². The fourth-order valence-electron chi connectivity index (χ4n) is 1.21. The summed E-state index contributed by atoms with van der Waals surface area (Å²) in [5.41, 5.74) is 0. The Balaban J connectivity index is 2.35. The molecule has 1 aliphatic carbocycles. The molecule has 2 N–H and O–H groups in total. The van der Waals surface area contributed by atoms with Crippen LogP contribution >= 0.6 is 0 Å². The van der Waals surface area contributed by atoms with Gasteiger partial charge in [0, 0.05) is 5.92 Å². The molecule has 0 aromatic heterocycles. The second-order valence-electron chi connectivity index (χ2n) is 3.00. The van der Waals surface area contributed by atoms with E-state index in [0.29, 0.717) is 6.42 Å². The highest BCUT2D eigenvalue weighted by molar-refractivity contribution is 5.18. The lowest BCUT2D eigenvalue weighted by Crippen LogP contribution is -2.21. The van der Waals surface area contributed by atoms with Crippen LogP contribution in [0.3, 0.4) is 0 Å².